The molecule has 0 radical (unpaired) electrons. The number of carbonyl (C=O) groups is 1. The van der Waals surface area contributed by atoms with E-state index in [4.69, 9.17) is 9.47 Å². The zero-order valence-electron chi connectivity index (χ0n) is 13.1. The number of rotatable bonds is 8. The third-order valence-electron chi connectivity index (χ3n) is 3.24. The molecule has 1 aromatic rings. The number of nitrogens with one attached hydrogen (secondary N) is 1. The van der Waals surface area contributed by atoms with E-state index in [0.717, 1.165) is 16.5 Å². The highest BCUT2D eigenvalue weighted by atomic mass is 79.9. The first-order valence-corrected chi connectivity index (χ1v) is 8.12. The Labute approximate surface area is 135 Å². The van der Waals surface area contributed by atoms with E-state index in [1.165, 1.54) is 0 Å². The molecule has 21 heavy (non-hydrogen) atoms. The van der Waals surface area contributed by atoms with Crippen LogP contribution in [0.1, 0.15) is 45.2 Å². The highest BCUT2D eigenvalue weighted by Crippen LogP contribution is 2.30. The largest absolute Gasteiger partial charge is 0.478 e. The lowest BCUT2D eigenvalue weighted by molar-refractivity contribution is -0.151. The first-order valence-electron chi connectivity index (χ1n) is 7.33. The van der Waals surface area contributed by atoms with Gasteiger partial charge in [0.2, 0.25) is 0 Å². The van der Waals surface area contributed by atoms with Gasteiger partial charge < -0.3 is 14.8 Å². The fourth-order valence-electron chi connectivity index (χ4n) is 2.00. The number of esters is 1. The zero-order valence-corrected chi connectivity index (χ0v) is 14.7. The molecule has 2 unspecified atom stereocenters. The predicted molar refractivity (Wildman–Crippen MR) is 87.6 cm³/mol. The van der Waals surface area contributed by atoms with E-state index in [9.17, 15) is 4.79 Å². The Hall–Kier alpha value is -1.07. The van der Waals surface area contributed by atoms with Gasteiger partial charge in [0.05, 0.1) is 6.61 Å². The van der Waals surface area contributed by atoms with E-state index in [0.29, 0.717) is 18.8 Å². The molecule has 5 heteroatoms. The van der Waals surface area contributed by atoms with E-state index in [1.54, 1.807) is 6.92 Å². The van der Waals surface area contributed by atoms with E-state index in [-0.39, 0.29) is 12.0 Å². The summed E-state index contributed by atoms with van der Waals surface area (Å²) in [6.07, 6.45) is 0.930. The Morgan fingerprint density at radius 2 is 2.10 bits per heavy atom. The molecule has 1 aromatic carbocycles. The van der Waals surface area contributed by atoms with E-state index < -0.39 is 6.10 Å². The van der Waals surface area contributed by atoms with Crippen molar-refractivity contribution >= 4 is 21.9 Å². The molecule has 118 valence electrons. The minimum atomic E-state index is -0.563. The summed E-state index contributed by atoms with van der Waals surface area (Å²) in [5.41, 5.74) is 1.02. The minimum Gasteiger partial charge on any atom is -0.478 e. The molecule has 0 saturated heterocycles. The number of carbonyl (C=O) groups excluding carboxylic acids is 1. The molecule has 0 heterocycles. The van der Waals surface area contributed by atoms with Crippen LogP contribution in [0.15, 0.2) is 22.7 Å². The van der Waals surface area contributed by atoms with E-state index in [2.05, 4.69) is 28.2 Å². The minimum absolute atomic E-state index is 0.137. The van der Waals surface area contributed by atoms with Gasteiger partial charge in [-0.25, -0.2) is 4.79 Å². The molecule has 1 rings (SSSR count). The van der Waals surface area contributed by atoms with Crippen molar-refractivity contribution in [2.24, 2.45) is 0 Å². The Morgan fingerprint density at radius 1 is 1.38 bits per heavy atom. The molecule has 0 fully saturated rings. The van der Waals surface area contributed by atoms with Crippen molar-refractivity contribution in [3.8, 4) is 5.75 Å². The second-order valence-corrected chi connectivity index (χ2v) is 5.76. The van der Waals surface area contributed by atoms with Gasteiger partial charge in [-0.05, 0) is 39.4 Å². The maximum Gasteiger partial charge on any atom is 0.347 e. The molecule has 1 N–H and O–H groups in total. The van der Waals surface area contributed by atoms with Crippen LogP contribution in [0, 0.1) is 0 Å². The molecule has 0 aliphatic rings. The van der Waals surface area contributed by atoms with Gasteiger partial charge >= 0.3 is 5.97 Å². The quantitative estimate of drug-likeness (QED) is 0.718. The summed E-state index contributed by atoms with van der Waals surface area (Å²) >= 11 is 3.45. The van der Waals surface area contributed by atoms with E-state index >= 15 is 0 Å². The standard InChI is InChI=1S/C16H24BrNO3/c1-5-7-14(16(19)20-6-2)21-15-10-12(17)8-9-13(15)11(3)18-4/h8-11,14,18H,5-7H2,1-4H3. The maximum absolute atomic E-state index is 12.0. The van der Waals surface area contributed by atoms with Crippen molar-refractivity contribution < 1.29 is 14.3 Å². The van der Waals surface area contributed by atoms with Gasteiger partial charge in [-0.15, -0.1) is 0 Å². The molecule has 0 amide bonds. The average molecular weight is 358 g/mol. The molecule has 0 saturated carbocycles. The monoisotopic (exact) mass is 357 g/mol. The van der Waals surface area contributed by atoms with Gasteiger partial charge in [-0.3, -0.25) is 0 Å². The lowest BCUT2D eigenvalue weighted by Crippen LogP contribution is -2.30. The average Bonchev–Trinajstić information content (AvgIpc) is 2.46. The lowest BCUT2D eigenvalue weighted by Gasteiger charge is -2.21. The summed E-state index contributed by atoms with van der Waals surface area (Å²) in [7, 11) is 1.89. The summed E-state index contributed by atoms with van der Waals surface area (Å²) in [6, 6.07) is 5.99. The van der Waals surface area contributed by atoms with Crippen molar-refractivity contribution in [2.45, 2.75) is 45.8 Å². The van der Waals surface area contributed by atoms with Crippen LogP contribution in [-0.2, 0) is 9.53 Å². The number of hydrogen-bond acceptors (Lipinski definition) is 4. The van der Waals surface area contributed by atoms with Gasteiger partial charge in [0.1, 0.15) is 5.75 Å². The fourth-order valence-corrected chi connectivity index (χ4v) is 2.34. The van der Waals surface area contributed by atoms with Crippen LogP contribution >= 0.6 is 15.9 Å². The zero-order chi connectivity index (χ0) is 15.8. The number of hydrogen-bond donors (Lipinski definition) is 1. The molecule has 0 aromatic heterocycles. The van der Waals surface area contributed by atoms with Gasteiger partial charge in [-0.2, -0.15) is 0 Å². The van der Waals surface area contributed by atoms with Crippen molar-refractivity contribution in [3.05, 3.63) is 28.2 Å². The Balaban J connectivity index is 3.01. The molecular weight excluding hydrogens is 334 g/mol. The summed E-state index contributed by atoms with van der Waals surface area (Å²) in [4.78, 5) is 12.0. The van der Waals surface area contributed by atoms with Crippen LogP contribution in [0.25, 0.3) is 0 Å². The second kappa shape index (κ2) is 9.05. The number of benzene rings is 1. The third kappa shape index (κ3) is 5.32. The Bertz CT molecular complexity index is 465. The Kier molecular flexibility index (Phi) is 7.75. The van der Waals surface area contributed by atoms with Crippen LogP contribution in [0.4, 0.5) is 0 Å². The van der Waals surface area contributed by atoms with Gasteiger partial charge in [0.15, 0.2) is 6.10 Å². The van der Waals surface area contributed by atoms with E-state index in [1.807, 2.05) is 32.2 Å². The van der Waals surface area contributed by atoms with Crippen molar-refractivity contribution in [3.63, 3.8) is 0 Å². The van der Waals surface area contributed by atoms with Crippen molar-refractivity contribution in [1.82, 2.24) is 5.32 Å². The lowest BCUT2D eigenvalue weighted by atomic mass is 10.1. The summed E-state index contributed by atoms with van der Waals surface area (Å²) in [5, 5.41) is 3.19. The molecular formula is C16H24BrNO3. The predicted octanol–water partition coefficient (Wildman–Crippen LogP) is 3.84. The molecule has 4 nitrogen and oxygen atoms in total. The molecule has 2 atom stereocenters. The number of halogens is 1. The third-order valence-corrected chi connectivity index (χ3v) is 3.74. The highest BCUT2D eigenvalue weighted by Gasteiger charge is 2.23. The van der Waals surface area contributed by atoms with Crippen LogP contribution in [-0.4, -0.2) is 25.7 Å². The van der Waals surface area contributed by atoms with Crippen molar-refractivity contribution in [1.29, 1.82) is 0 Å². The maximum atomic E-state index is 12.0. The molecule has 0 bridgehead atoms. The van der Waals surface area contributed by atoms with Gasteiger partial charge in [0, 0.05) is 16.1 Å². The van der Waals surface area contributed by atoms with Gasteiger partial charge in [0.25, 0.3) is 0 Å². The molecule has 0 spiro atoms. The second-order valence-electron chi connectivity index (χ2n) is 4.84. The molecule has 0 aliphatic heterocycles. The SMILES string of the molecule is CCCC(Oc1cc(Br)ccc1C(C)NC)C(=O)OCC. The summed E-state index contributed by atoms with van der Waals surface area (Å²) in [5.74, 6) is 0.403. The molecule has 0 aliphatic carbocycles. The highest BCUT2D eigenvalue weighted by molar-refractivity contribution is 9.10. The van der Waals surface area contributed by atoms with Crippen molar-refractivity contribution in [2.75, 3.05) is 13.7 Å². The first kappa shape index (κ1) is 18.0. The first-order chi connectivity index (χ1) is 10.0. The van der Waals surface area contributed by atoms with Crippen LogP contribution in [0.3, 0.4) is 0 Å². The number of ether oxygens (including phenoxy) is 2. The topological polar surface area (TPSA) is 47.6 Å². The van der Waals surface area contributed by atoms with Crippen LogP contribution in [0.5, 0.6) is 5.75 Å². The summed E-state index contributed by atoms with van der Waals surface area (Å²) in [6.45, 7) is 6.23. The Morgan fingerprint density at radius 3 is 2.67 bits per heavy atom. The fraction of sp³-hybridized carbons (Fsp3) is 0.562. The smallest absolute Gasteiger partial charge is 0.347 e. The van der Waals surface area contributed by atoms with Gasteiger partial charge in [-0.1, -0.05) is 35.3 Å². The normalized spacial score (nSPS) is 13.6. The van der Waals surface area contributed by atoms with Crippen LogP contribution < -0.4 is 10.1 Å². The summed E-state index contributed by atoms with van der Waals surface area (Å²) < 4.78 is 12.0. The van der Waals surface area contributed by atoms with Crippen LogP contribution in [0.2, 0.25) is 0 Å².